The lowest BCUT2D eigenvalue weighted by Crippen LogP contribution is -2.04. The maximum absolute atomic E-state index is 5.69. The number of hydrogen-bond acceptors (Lipinski definition) is 6. The van der Waals surface area contributed by atoms with Crippen molar-refractivity contribution >= 4 is 0 Å². The summed E-state index contributed by atoms with van der Waals surface area (Å²) in [5.41, 5.74) is 7.43. The van der Waals surface area contributed by atoms with Crippen LogP contribution >= 0.6 is 0 Å². The summed E-state index contributed by atoms with van der Waals surface area (Å²) >= 11 is 0. The molecule has 2 heterocycles. The van der Waals surface area contributed by atoms with E-state index >= 15 is 0 Å². The second-order valence-electron chi connectivity index (χ2n) is 4.79. The lowest BCUT2D eigenvalue weighted by atomic mass is 10.2. The van der Waals surface area contributed by atoms with Crippen molar-refractivity contribution in [3.05, 3.63) is 29.9 Å². The summed E-state index contributed by atoms with van der Waals surface area (Å²) in [6.45, 7) is 2.33. The average Bonchev–Trinajstić information content (AvgIpc) is 3.10. The molecule has 0 saturated heterocycles. The van der Waals surface area contributed by atoms with Crippen LogP contribution in [-0.4, -0.2) is 21.2 Å². The average molecular weight is 260 g/mol. The van der Waals surface area contributed by atoms with Crippen molar-refractivity contribution < 1.29 is 9.26 Å². The van der Waals surface area contributed by atoms with Crippen LogP contribution in [0.2, 0.25) is 0 Å². The molecule has 1 saturated carbocycles. The van der Waals surface area contributed by atoms with Crippen LogP contribution in [0.1, 0.15) is 37.4 Å². The summed E-state index contributed by atoms with van der Waals surface area (Å²) in [6.07, 6.45) is 4.45. The van der Waals surface area contributed by atoms with E-state index in [0.717, 1.165) is 24.1 Å². The highest BCUT2D eigenvalue weighted by molar-refractivity contribution is 5.53. The maximum Gasteiger partial charge on any atom is 0.243 e. The van der Waals surface area contributed by atoms with Gasteiger partial charge in [0.25, 0.3) is 0 Å². The smallest absolute Gasteiger partial charge is 0.243 e. The molecule has 6 heteroatoms. The summed E-state index contributed by atoms with van der Waals surface area (Å²) in [6, 6.07) is 3.50. The first-order chi connectivity index (χ1) is 9.22. The molecule has 1 fully saturated rings. The van der Waals surface area contributed by atoms with Crippen molar-refractivity contribution in [2.45, 2.75) is 38.5 Å². The topological polar surface area (TPSA) is 87.1 Å². The Morgan fingerprint density at radius 1 is 1.53 bits per heavy atom. The summed E-state index contributed by atoms with van der Waals surface area (Å²) in [7, 11) is 0. The molecule has 1 unspecified atom stereocenters. The van der Waals surface area contributed by atoms with E-state index in [9.17, 15) is 0 Å². The van der Waals surface area contributed by atoms with Crippen molar-refractivity contribution in [3.8, 4) is 11.4 Å². The molecule has 0 bridgehead atoms. The van der Waals surface area contributed by atoms with Crippen molar-refractivity contribution in [1.29, 1.82) is 0 Å². The first-order valence-electron chi connectivity index (χ1n) is 6.38. The zero-order chi connectivity index (χ0) is 13.2. The van der Waals surface area contributed by atoms with E-state index in [0.29, 0.717) is 24.4 Å². The van der Waals surface area contributed by atoms with Crippen molar-refractivity contribution in [2.75, 3.05) is 0 Å². The second kappa shape index (κ2) is 5.07. The number of nitrogens with two attached hydrogens (primary N) is 1. The molecule has 1 aliphatic rings. The molecule has 1 aliphatic carbocycles. The van der Waals surface area contributed by atoms with E-state index in [1.165, 1.54) is 0 Å². The van der Waals surface area contributed by atoms with Crippen LogP contribution in [0.4, 0.5) is 0 Å². The van der Waals surface area contributed by atoms with Crippen molar-refractivity contribution in [2.24, 2.45) is 5.73 Å². The van der Waals surface area contributed by atoms with E-state index in [2.05, 4.69) is 15.1 Å². The zero-order valence-corrected chi connectivity index (χ0v) is 10.7. The van der Waals surface area contributed by atoms with Gasteiger partial charge in [0.15, 0.2) is 0 Å². The van der Waals surface area contributed by atoms with Gasteiger partial charge in [-0.25, -0.2) is 0 Å². The van der Waals surface area contributed by atoms with Gasteiger partial charge in [0.05, 0.1) is 24.4 Å². The quantitative estimate of drug-likeness (QED) is 0.882. The molecule has 3 rings (SSSR count). The van der Waals surface area contributed by atoms with E-state index in [1.54, 1.807) is 13.1 Å². The lowest BCUT2D eigenvalue weighted by Gasteiger charge is -2.02. The van der Waals surface area contributed by atoms with Crippen molar-refractivity contribution in [1.82, 2.24) is 15.1 Å². The third kappa shape index (κ3) is 2.97. The molecule has 100 valence electrons. The van der Waals surface area contributed by atoms with Gasteiger partial charge in [0, 0.05) is 11.8 Å². The second-order valence-corrected chi connectivity index (χ2v) is 4.79. The van der Waals surface area contributed by atoms with Crippen LogP contribution in [0.25, 0.3) is 11.4 Å². The van der Waals surface area contributed by atoms with E-state index in [1.807, 2.05) is 12.1 Å². The Hall–Kier alpha value is -1.79. The molecule has 19 heavy (non-hydrogen) atoms. The summed E-state index contributed by atoms with van der Waals surface area (Å²) < 4.78 is 10.7. The predicted molar refractivity (Wildman–Crippen MR) is 67.9 cm³/mol. The highest BCUT2D eigenvalue weighted by atomic mass is 16.5. The van der Waals surface area contributed by atoms with Gasteiger partial charge >= 0.3 is 0 Å². The molecule has 0 aliphatic heterocycles. The normalized spacial score (nSPS) is 16.5. The van der Waals surface area contributed by atoms with Gasteiger partial charge in [0.1, 0.15) is 0 Å². The van der Waals surface area contributed by atoms with Gasteiger partial charge in [-0.3, -0.25) is 4.98 Å². The molecule has 0 radical (unpaired) electrons. The molecular formula is C13H16N4O2. The summed E-state index contributed by atoms with van der Waals surface area (Å²) in [4.78, 5) is 8.53. The Bertz CT molecular complexity index is 563. The van der Waals surface area contributed by atoms with E-state index < -0.39 is 0 Å². The minimum Gasteiger partial charge on any atom is -0.372 e. The van der Waals surface area contributed by atoms with Crippen LogP contribution in [0.5, 0.6) is 0 Å². The number of hydrogen-bond donors (Lipinski definition) is 1. The molecular weight excluding hydrogens is 244 g/mol. The first kappa shape index (κ1) is 12.3. The van der Waals surface area contributed by atoms with Gasteiger partial charge in [-0.05, 0) is 31.9 Å². The fraction of sp³-hybridized carbons (Fsp3) is 0.462. The molecule has 0 spiro atoms. The largest absolute Gasteiger partial charge is 0.372 e. The van der Waals surface area contributed by atoms with E-state index in [-0.39, 0.29) is 6.04 Å². The number of nitrogens with zero attached hydrogens (tertiary/aromatic N) is 3. The molecule has 0 amide bonds. The van der Waals surface area contributed by atoms with Gasteiger partial charge < -0.3 is 15.0 Å². The Balaban J connectivity index is 1.76. The van der Waals surface area contributed by atoms with Crippen LogP contribution in [0.3, 0.4) is 0 Å². The Morgan fingerprint density at radius 2 is 2.37 bits per heavy atom. The minimum absolute atomic E-state index is 0.263. The fourth-order valence-corrected chi connectivity index (χ4v) is 1.67. The van der Waals surface area contributed by atoms with Gasteiger partial charge in [-0.15, -0.1) is 0 Å². The van der Waals surface area contributed by atoms with Crippen LogP contribution < -0.4 is 5.73 Å². The molecule has 1 atom stereocenters. The molecule has 2 aromatic rings. The number of aromatic nitrogens is 3. The van der Waals surface area contributed by atoms with Crippen LogP contribution in [-0.2, 0) is 11.3 Å². The molecule has 2 aromatic heterocycles. The van der Waals surface area contributed by atoms with Crippen LogP contribution in [0.15, 0.2) is 22.9 Å². The highest BCUT2D eigenvalue weighted by Crippen LogP contribution is 2.25. The van der Waals surface area contributed by atoms with Gasteiger partial charge in [-0.1, -0.05) is 5.16 Å². The third-order valence-electron chi connectivity index (χ3n) is 2.90. The molecule has 0 aromatic carbocycles. The number of ether oxygens (including phenoxy) is 1. The lowest BCUT2D eigenvalue weighted by molar-refractivity contribution is 0.103. The number of pyridine rings is 1. The Kier molecular flexibility index (Phi) is 3.27. The van der Waals surface area contributed by atoms with Gasteiger partial charge in [0.2, 0.25) is 11.7 Å². The predicted octanol–water partition coefficient (Wildman–Crippen LogP) is 1.83. The Morgan fingerprint density at radius 3 is 3.05 bits per heavy atom. The number of rotatable bonds is 5. The van der Waals surface area contributed by atoms with Crippen LogP contribution in [0, 0.1) is 0 Å². The third-order valence-corrected chi connectivity index (χ3v) is 2.90. The summed E-state index contributed by atoms with van der Waals surface area (Å²) in [5, 5.41) is 3.92. The standard InChI is InChI=1S/C13H16N4O2/c1-8(14)13-16-12(17-19-13)9-4-5-15-10(6-9)7-18-11-2-3-11/h4-6,8,11H,2-3,7,14H2,1H3. The van der Waals surface area contributed by atoms with Crippen molar-refractivity contribution in [3.63, 3.8) is 0 Å². The SMILES string of the molecule is CC(N)c1nc(-c2ccnc(COC3CC3)c2)no1. The minimum atomic E-state index is -0.263. The van der Waals surface area contributed by atoms with Gasteiger partial charge in [-0.2, -0.15) is 4.98 Å². The maximum atomic E-state index is 5.69. The molecule has 6 nitrogen and oxygen atoms in total. The summed E-state index contributed by atoms with van der Waals surface area (Å²) in [5.74, 6) is 0.963. The van der Waals surface area contributed by atoms with E-state index in [4.69, 9.17) is 15.0 Å². The Labute approximate surface area is 111 Å². The fourth-order valence-electron chi connectivity index (χ4n) is 1.67. The highest BCUT2D eigenvalue weighted by Gasteiger charge is 2.22. The first-order valence-corrected chi connectivity index (χ1v) is 6.38. The monoisotopic (exact) mass is 260 g/mol. The zero-order valence-electron chi connectivity index (χ0n) is 10.7. The molecule has 2 N–H and O–H groups in total.